The molecule has 0 bridgehead atoms. The number of rotatable bonds is 7. The highest BCUT2D eigenvalue weighted by Gasteiger charge is 2.14. The lowest BCUT2D eigenvalue weighted by Gasteiger charge is -2.21. The van der Waals surface area contributed by atoms with E-state index in [1.807, 2.05) is 12.1 Å². The second-order valence-corrected chi connectivity index (χ2v) is 6.12. The van der Waals surface area contributed by atoms with E-state index in [0.29, 0.717) is 18.3 Å². The first kappa shape index (κ1) is 18.6. The largest absolute Gasteiger partial charge is 0.372 e. The molecule has 3 rings (SSSR count). The number of benzene rings is 1. The summed E-state index contributed by atoms with van der Waals surface area (Å²) < 4.78 is 1.28. The minimum Gasteiger partial charge on any atom is -0.372 e. The van der Waals surface area contributed by atoms with Crippen molar-refractivity contribution in [3.63, 3.8) is 0 Å². The Hall–Kier alpha value is -3.22. The molecule has 7 nitrogen and oxygen atoms in total. The Morgan fingerprint density at radius 2 is 1.89 bits per heavy atom. The van der Waals surface area contributed by atoms with E-state index in [1.165, 1.54) is 17.3 Å². The Kier molecular flexibility index (Phi) is 5.80. The Balaban J connectivity index is 1.75. The first-order valence-electron chi connectivity index (χ1n) is 9.08. The average Bonchev–Trinajstić information content (AvgIpc) is 3.14. The van der Waals surface area contributed by atoms with Gasteiger partial charge in [-0.15, -0.1) is 5.10 Å². The van der Waals surface area contributed by atoms with E-state index in [1.54, 1.807) is 12.4 Å². The monoisotopic (exact) mass is 364 g/mol. The van der Waals surface area contributed by atoms with E-state index in [2.05, 4.69) is 63.4 Å². The summed E-state index contributed by atoms with van der Waals surface area (Å²) in [6, 6.07) is 12.1. The number of pyridine rings is 1. The number of nitrogens with one attached hydrogen (secondary N) is 1. The minimum absolute atomic E-state index is 0.197. The zero-order valence-corrected chi connectivity index (χ0v) is 15.9. The fraction of sp³-hybridized carbons (Fsp3) is 0.300. The molecular weight excluding hydrogens is 340 g/mol. The molecule has 2 heterocycles. The summed E-state index contributed by atoms with van der Waals surface area (Å²) in [5.74, 6) is 0.698. The molecule has 140 valence electrons. The molecule has 2 aromatic heterocycles. The predicted octanol–water partition coefficient (Wildman–Crippen LogP) is 3.46. The summed E-state index contributed by atoms with van der Waals surface area (Å²) in [7, 11) is 0. The highest BCUT2D eigenvalue weighted by Crippen LogP contribution is 2.18. The van der Waals surface area contributed by atoms with Gasteiger partial charge in [-0.3, -0.25) is 9.78 Å². The van der Waals surface area contributed by atoms with Crippen molar-refractivity contribution in [3.8, 4) is 11.4 Å². The van der Waals surface area contributed by atoms with Crippen LogP contribution in [0.25, 0.3) is 11.4 Å². The third-order valence-electron chi connectivity index (χ3n) is 4.34. The van der Waals surface area contributed by atoms with Crippen LogP contribution in [0.4, 0.5) is 11.6 Å². The normalized spacial score (nSPS) is 10.6. The van der Waals surface area contributed by atoms with Crippen LogP contribution in [0.2, 0.25) is 0 Å². The highest BCUT2D eigenvalue weighted by atomic mass is 16.2. The minimum atomic E-state index is -0.197. The number of anilines is 2. The number of nitrogens with zero attached hydrogens (tertiary/aromatic N) is 5. The van der Waals surface area contributed by atoms with E-state index in [9.17, 15) is 4.79 Å². The van der Waals surface area contributed by atoms with Crippen molar-refractivity contribution in [3.05, 3.63) is 54.4 Å². The lowest BCUT2D eigenvalue weighted by atomic mass is 10.2. The molecule has 1 aromatic carbocycles. The van der Waals surface area contributed by atoms with Gasteiger partial charge >= 0.3 is 0 Å². The van der Waals surface area contributed by atoms with Crippen molar-refractivity contribution in [2.45, 2.75) is 27.3 Å². The van der Waals surface area contributed by atoms with Crippen LogP contribution in [0.15, 0.2) is 48.8 Å². The molecule has 7 heteroatoms. The Morgan fingerprint density at radius 3 is 2.48 bits per heavy atom. The standard InChI is InChI=1S/C20H24N6O/c1-4-25(5-2)18-10-8-16(9-11-18)13-22-20-23-19(24-26(20)15(3)27)17-7-6-12-21-14-17/h6-12,14H,4-5,13H2,1-3H3,(H,22,23,24). The summed E-state index contributed by atoms with van der Waals surface area (Å²) >= 11 is 0. The lowest BCUT2D eigenvalue weighted by Crippen LogP contribution is -2.21. The molecule has 0 aliphatic rings. The number of carbonyl (C=O) groups is 1. The molecule has 0 saturated heterocycles. The SMILES string of the molecule is CCN(CC)c1ccc(CNc2nc(-c3cccnc3)nn2C(C)=O)cc1. The maximum absolute atomic E-state index is 11.9. The van der Waals surface area contributed by atoms with Crippen LogP contribution < -0.4 is 10.2 Å². The van der Waals surface area contributed by atoms with E-state index < -0.39 is 0 Å². The van der Waals surface area contributed by atoms with Crippen molar-refractivity contribution in [1.82, 2.24) is 19.7 Å². The molecule has 1 N–H and O–H groups in total. The van der Waals surface area contributed by atoms with E-state index in [0.717, 1.165) is 24.2 Å². The zero-order valence-electron chi connectivity index (χ0n) is 15.9. The third-order valence-corrected chi connectivity index (χ3v) is 4.34. The summed E-state index contributed by atoms with van der Waals surface area (Å²) in [6.07, 6.45) is 3.36. The fourth-order valence-electron chi connectivity index (χ4n) is 2.86. The van der Waals surface area contributed by atoms with Crippen LogP contribution in [-0.4, -0.2) is 38.7 Å². The number of hydrogen-bond donors (Lipinski definition) is 1. The maximum Gasteiger partial charge on any atom is 0.246 e. The third kappa shape index (κ3) is 4.31. The van der Waals surface area contributed by atoms with Gasteiger partial charge in [0.05, 0.1) is 0 Å². The summed E-state index contributed by atoms with van der Waals surface area (Å²) in [4.78, 5) is 22.7. The molecular formula is C20H24N6O. The van der Waals surface area contributed by atoms with Gasteiger partial charge in [-0.1, -0.05) is 12.1 Å². The molecule has 0 saturated carbocycles. The van der Waals surface area contributed by atoms with Crippen molar-refractivity contribution < 1.29 is 4.79 Å². The van der Waals surface area contributed by atoms with Crippen molar-refractivity contribution in [1.29, 1.82) is 0 Å². The quantitative estimate of drug-likeness (QED) is 0.692. The Labute approximate surface area is 159 Å². The summed E-state index contributed by atoms with van der Waals surface area (Å²) in [6.45, 7) is 8.27. The van der Waals surface area contributed by atoms with Crippen molar-refractivity contribution in [2.75, 3.05) is 23.3 Å². The lowest BCUT2D eigenvalue weighted by molar-refractivity contribution is 0.0924. The molecule has 0 amide bonds. The highest BCUT2D eigenvalue weighted by molar-refractivity contribution is 5.79. The first-order chi connectivity index (χ1) is 13.1. The van der Waals surface area contributed by atoms with Gasteiger partial charge in [0.1, 0.15) is 0 Å². The summed E-state index contributed by atoms with van der Waals surface area (Å²) in [5.41, 5.74) is 3.07. The van der Waals surface area contributed by atoms with Crippen molar-refractivity contribution >= 4 is 17.5 Å². The van der Waals surface area contributed by atoms with Gasteiger partial charge in [0.2, 0.25) is 11.9 Å². The average molecular weight is 364 g/mol. The second-order valence-electron chi connectivity index (χ2n) is 6.12. The second kappa shape index (κ2) is 8.44. The van der Waals surface area contributed by atoms with Crippen LogP contribution in [-0.2, 0) is 6.54 Å². The fourth-order valence-corrected chi connectivity index (χ4v) is 2.86. The Bertz CT molecular complexity index is 885. The molecule has 0 unspecified atom stereocenters. The van der Waals surface area contributed by atoms with Crippen LogP contribution in [0.5, 0.6) is 0 Å². The Morgan fingerprint density at radius 1 is 1.15 bits per heavy atom. The van der Waals surface area contributed by atoms with Crippen LogP contribution in [0.1, 0.15) is 31.1 Å². The van der Waals surface area contributed by atoms with Crippen LogP contribution >= 0.6 is 0 Å². The van der Waals surface area contributed by atoms with Crippen LogP contribution in [0, 0.1) is 0 Å². The van der Waals surface area contributed by atoms with Gasteiger partial charge in [-0.25, -0.2) is 0 Å². The predicted molar refractivity (Wildman–Crippen MR) is 107 cm³/mol. The molecule has 0 atom stereocenters. The molecule has 0 radical (unpaired) electrons. The smallest absolute Gasteiger partial charge is 0.246 e. The zero-order chi connectivity index (χ0) is 19.2. The first-order valence-corrected chi connectivity index (χ1v) is 9.08. The summed E-state index contributed by atoms with van der Waals surface area (Å²) in [5, 5.41) is 7.51. The van der Waals surface area contributed by atoms with E-state index in [4.69, 9.17) is 0 Å². The number of hydrogen-bond acceptors (Lipinski definition) is 6. The molecule has 0 spiro atoms. The topological polar surface area (TPSA) is 75.9 Å². The van der Waals surface area contributed by atoms with Gasteiger partial charge < -0.3 is 10.2 Å². The molecule has 3 aromatic rings. The van der Waals surface area contributed by atoms with Gasteiger partial charge in [0, 0.05) is 50.2 Å². The van der Waals surface area contributed by atoms with Crippen LogP contribution in [0.3, 0.4) is 0 Å². The van der Waals surface area contributed by atoms with Gasteiger partial charge in [-0.2, -0.15) is 9.67 Å². The molecule has 0 aliphatic heterocycles. The van der Waals surface area contributed by atoms with Crippen molar-refractivity contribution in [2.24, 2.45) is 0 Å². The van der Waals surface area contributed by atoms with Gasteiger partial charge in [0.15, 0.2) is 5.82 Å². The number of aromatic nitrogens is 4. The number of carbonyl (C=O) groups excluding carboxylic acids is 1. The van der Waals surface area contributed by atoms with E-state index in [-0.39, 0.29) is 5.91 Å². The molecule has 0 aliphatic carbocycles. The van der Waals surface area contributed by atoms with E-state index >= 15 is 0 Å². The molecule has 0 fully saturated rings. The molecule has 27 heavy (non-hydrogen) atoms. The maximum atomic E-state index is 11.9. The van der Waals surface area contributed by atoms with Gasteiger partial charge in [0.25, 0.3) is 0 Å². The van der Waals surface area contributed by atoms with Gasteiger partial charge in [-0.05, 0) is 43.7 Å².